The van der Waals surface area contributed by atoms with Gasteiger partial charge in [0.25, 0.3) is 11.8 Å². The minimum Gasteiger partial charge on any atom is -0.492 e. The summed E-state index contributed by atoms with van der Waals surface area (Å²) < 4.78 is 244. The predicted octanol–water partition coefficient (Wildman–Crippen LogP) is 5.37. The molecule has 0 aliphatic carbocycles. The number of carbonyl (C=O) groups is 2. The van der Waals surface area contributed by atoms with E-state index in [9.17, 15) is 88.6 Å². The number of hydrazine groups is 2. The lowest BCUT2D eigenvalue weighted by Gasteiger charge is -2.33. The summed E-state index contributed by atoms with van der Waals surface area (Å²) in [6.07, 6.45) is -19.6. The van der Waals surface area contributed by atoms with Gasteiger partial charge in [-0.05, 0) is 12.1 Å². The lowest BCUT2D eigenvalue weighted by molar-refractivity contribution is -0.397. The van der Waals surface area contributed by atoms with Gasteiger partial charge in [0.05, 0.1) is 37.2 Å². The van der Waals surface area contributed by atoms with Gasteiger partial charge in [-0.1, -0.05) is 0 Å². The molecule has 0 unspecified atom stereocenters. The summed E-state index contributed by atoms with van der Waals surface area (Å²) >= 11 is 0. The molecule has 0 saturated carbocycles. The molecular weight excluding hydrogens is 702 g/mol. The summed E-state index contributed by atoms with van der Waals surface area (Å²) in [5.41, 5.74) is 0.261. The van der Waals surface area contributed by atoms with Crippen molar-refractivity contribution < 1.29 is 98.1 Å². The first-order chi connectivity index (χ1) is 20.4. The molecule has 8 nitrogen and oxygen atoms in total. The predicted molar refractivity (Wildman–Crippen MR) is 112 cm³/mol. The van der Waals surface area contributed by atoms with Crippen molar-refractivity contribution >= 4 is 11.8 Å². The number of amides is 2. The molecule has 266 valence electrons. The van der Waals surface area contributed by atoms with Gasteiger partial charge in [0.1, 0.15) is 11.5 Å². The summed E-state index contributed by atoms with van der Waals surface area (Å²) in [6.45, 7) is -3.89. The number of rotatable bonds is 14. The van der Waals surface area contributed by atoms with Gasteiger partial charge in [0.15, 0.2) is 0 Å². The monoisotopic (exact) mass is 718 g/mol. The van der Waals surface area contributed by atoms with E-state index in [4.69, 9.17) is 11.7 Å². The number of alkyl halides is 18. The van der Waals surface area contributed by atoms with Crippen molar-refractivity contribution in [2.24, 2.45) is 11.7 Å². The van der Waals surface area contributed by atoms with E-state index in [1.54, 1.807) is 0 Å². The zero-order valence-electron chi connectivity index (χ0n) is 21.6. The van der Waals surface area contributed by atoms with E-state index < -0.39 is 108 Å². The van der Waals surface area contributed by atoms with Gasteiger partial charge in [0.2, 0.25) is 0 Å². The molecule has 0 radical (unpaired) electrons. The summed E-state index contributed by atoms with van der Waals surface area (Å²) in [4.78, 5) is 24.1. The maximum absolute atomic E-state index is 13.8. The number of benzene rings is 1. The van der Waals surface area contributed by atoms with E-state index in [1.807, 2.05) is 0 Å². The molecule has 26 heteroatoms. The Morgan fingerprint density at radius 2 is 0.783 bits per heavy atom. The fourth-order valence-electron chi connectivity index (χ4n) is 3.02. The molecular formula is C20H16F18N4O4. The first-order valence-corrected chi connectivity index (χ1v) is 11.2. The Morgan fingerprint density at radius 3 is 1.00 bits per heavy atom. The van der Waals surface area contributed by atoms with Crippen LogP contribution in [0.3, 0.4) is 0 Å². The van der Waals surface area contributed by atoms with Crippen LogP contribution in [0.2, 0.25) is 0 Å². The average Bonchev–Trinajstić information content (AvgIpc) is 2.90. The smallest absolute Gasteiger partial charge is 0.460 e. The van der Waals surface area contributed by atoms with E-state index in [0.717, 1.165) is 0 Å². The quantitative estimate of drug-likeness (QED) is 0.0888. The third-order valence-corrected chi connectivity index (χ3v) is 5.60. The van der Waals surface area contributed by atoms with E-state index in [1.165, 1.54) is 10.9 Å². The second kappa shape index (κ2) is 12.9. The largest absolute Gasteiger partial charge is 0.492 e. The molecule has 0 aliphatic heterocycles. The van der Waals surface area contributed by atoms with Gasteiger partial charge in [-0.15, -0.1) is 0 Å². The van der Waals surface area contributed by atoms with Crippen molar-refractivity contribution in [3.05, 3.63) is 23.3 Å². The van der Waals surface area contributed by atoms with Gasteiger partial charge in [-0.25, -0.2) is 11.7 Å². The lowest BCUT2D eigenvalue weighted by Crippen LogP contribution is -2.61. The fourth-order valence-corrected chi connectivity index (χ4v) is 3.02. The highest BCUT2D eigenvalue weighted by molar-refractivity contribution is 6.02. The molecule has 1 rings (SSSR count). The Morgan fingerprint density at radius 1 is 0.522 bits per heavy atom. The molecule has 0 aromatic heterocycles. The van der Waals surface area contributed by atoms with Crippen LogP contribution in [0, 0.1) is 0 Å². The van der Waals surface area contributed by atoms with E-state index in [2.05, 4.69) is 9.47 Å². The highest BCUT2D eigenvalue weighted by Crippen LogP contribution is 2.55. The normalized spacial score (nSPS) is 14.2. The number of carbonyl (C=O) groups excluding carboxylic acids is 2. The highest BCUT2D eigenvalue weighted by Gasteiger charge is 2.82. The molecule has 0 spiro atoms. The number of hydrogen-bond donors (Lipinski definition) is 4. The third-order valence-electron chi connectivity index (χ3n) is 5.60. The van der Waals surface area contributed by atoms with Crippen molar-refractivity contribution in [1.82, 2.24) is 10.9 Å². The molecule has 1 aromatic rings. The number of nitrogens with one attached hydrogen (secondary N) is 2. The second-order valence-electron chi connectivity index (χ2n) is 8.69. The van der Waals surface area contributed by atoms with Gasteiger partial charge in [0, 0.05) is 0 Å². The number of nitrogens with two attached hydrogens (primary N) is 2. The molecule has 0 bridgehead atoms. The second-order valence-corrected chi connectivity index (χ2v) is 8.69. The van der Waals surface area contributed by atoms with E-state index in [0.29, 0.717) is 0 Å². The minimum absolute atomic E-state index is 0.160. The molecule has 6 N–H and O–H groups in total. The van der Waals surface area contributed by atoms with E-state index in [-0.39, 0.29) is 12.1 Å². The van der Waals surface area contributed by atoms with Crippen molar-refractivity contribution in [2.45, 2.75) is 60.7 Å². The number of halogens is 18. The van der Waals surface area contributed by atoms with Gasteiger partial charge < -0.3 is 9.47 Å². The van der Waals surface area contributed by atoms with Crippen LogP contribution in [0.5, 0.6) is 11.5 Å². The zero-order valence-corrected chi connectivity index (χ0v) is 21.6. The van der Waals surface area contributed by atoms with Gasteiger partial charge >= 0.3 is 47.9 Å². The fraction of sp³-hybridized carbons (Fsp3) is 0.600. The third kappa shape index (κ3) is 7.35. The number of ether oxygens (including phenoxy) is 2. The van der Waals surface area contributed by atoms with Crippen LogP contribution in [-0.4, -0.2) is 72.9 Å². The summed E-state index contributed by atoms with van der Waals surface area (Å²) in [7, 11) is 0. The molecule has 0 fully saturated rings. The molecule has 0 aliphatic rings. The van der Waals surface area contributed by atoms with Crippen molar-refractivity contribution in [3.8, 4) is 11.5 Å². The highest BCUT2D eigenvalue weighted by atomic mass is 19.4. The summed E-state index contributed by atoms with van der Waals surface area (Å²) in [5, 5.41) is 0. The summed E-state index contributed by atoms with van der Waals surface area (Å²) in [5.74, 6) is -37.2. The standard InChI is InChI=1S/C20H16F18N4O4/c21-13(22,15(25,26)17(29,30)19(33,34)35)1-3-45-9-5-8(12(44)42-40)10(6-7(9)11(43)41-39)46-4-2-14(23,24)16(27,28)18(31,32)20(36,37)38/h5-6H,1-4,39-40H2,(H,41,43)(H,42,44). The zero-order chi connectivity index (χ0) is 36.5. The van der Waals surface area contributed by atoms with Crippen molar-refractivity contribution in [1.29, 1.82) is 0 Å². The van der Waals surface area contributed by atoms with Crippen LogP contribution in [0.4, 0.5) is 79.0 Å². The number of hydrogen-bond acceptors (Lipinski definition) is 6. The summed E-state index contributed by atoms with van der Waals surface area (Å²) in [6, 6.07) is 0.320. The molecule has 2 amide bonds. The van der Waals surface area contributed by atoms with Crippen LogP contribution in [0.25, 0.3) is 0 Å². The molecule has 46 heavy (non-hydrogen) atoms. The Labute approximate surface area is 242 Å². The van der Waals surface area contributed by atoms with Gasteiger partial charge in [-0.3, -0.25) is 20.4 Å². The minimum atomic E-state index is -7.27. The maximum atomic E-state index is 13.8. The SMILES string of the molecule is NNC(=O)c1cc(OCCC(F)(F)C(F)(F)C(F)(F)C(F)(F)F)c(C(=O)NN)cc1OCCC(F)(F)C(F)(F)C(F)(F)C(F)(F)F. The van der Waals surface area contributed by atoms with Crippen LogP contribution in [-0.2, 0) is 0 Å². The molecule has 1 aromatic carbocycles. The topological polar surface area (TPSA) is 129 Å². The van der Waals surface area contributed by atoms with Crippen molar-refractivity contribution in [3.63, 3.8) is 0 Å². The maximum Gasteiger partial charge on any atom is 0.460 e. The molecule has 0 atom stereocenters. The van der Waals surface area contributed by atoms with Crippen LogP contribution < -0.4 is 32.0 Å². The Bertz CT molecular complexity index is 1170. The first-order valence-electron chi connectivity index (χ1n) is 11.2. The van der Waals surface area contributed by atoms with Crippen molar-refractivity contribution in [2.75, 3.05) is 13.2 Å². The number of nitrogen functional groups attached to an aromatic ring is 2. The van der Waals surface area contributed by atoms with Gasteiger partial charge in [-0.2, -0.15) is 79.0 Å². The molecule has 0 heterocycles. The average molecular weight is 718 g/mol. The van der Waals surface area contributed by atoms with Crippen LogP contribution >= 0.6 is 0 Å². The lowest BCUT2D eigenvalue weighted by atomic mass is 10.0. The van der Waals surface area contributed by atoms with Crippen LogP contribution in [0.15, 0.2) is 12.1 Å². The van der Waals surface area contributed by atoms with Crippen LogP contribution in [0.1, 0.15) is 33.6 Å². The first kappa shape index (κ1) is 40.4. The molecule has 0 saturated heterocycles. The Balaban J connectivity index is 3.41. The Kier molecular flexibility index (Phi) is 11.3. The van der Waals surface area contributed by atoms with E-state index >= 15 is 0 Å². The Hall–Kier alpha value is -3.58.